The SMILES string of the molecule is CCNC(c1ccc(F)c(C)c1)c1cc2sccc2s1. The van der Waals surface area contributed by atoms with Crippen molar-refractivity contribution in [2.45, 2.75) is 19.9 Å². The summed E-state index contributed by atoms with van der Waals surface area (Å²) in [6.45, 7) is 4.79. The summed E-state index contributed by atoms with van der Waals surface area (Å²) in [6, 6.07) is 9.93. The Morgan fingerprint density at radius 1 is 1.20 bits per heavy atom. The summed E-state index contributed by atoms with van der Waals surface area (Å²) in [6.07, 6.45) is 0. The van der Waals surface area contributed by atoms with Gasteiger partial charge >= 0.3 is 0 Å². The highest BCUT2D eigenvalue weighted by Gasteiger charge is 2.17. The second kappa shape index (κ2) is 5.64. The smallest absolute Gasteiger partial charge is 0.126 e. The van der Waals surface area contributed by atoms with E-state index >= 15 is 0 Å². The van der Waals surface area contributed by atoms with Gasteiger partial charge in [0.2, 0.25) is 0 Å². The molecule has 0 amide bonds. The van der Waals surface area contributed by atoms with Gasteiger partial charge in [0.15, 0.2) is 0 Å². The molecule has 2 heterocycles. The lowest BCUT2D eigenvalue weighted by Gasteiger charge is -2.17. The fourth-order valence-corrected chi connectivity index (χ4v) is 4.58. The van der Waals surface area contributed by atoms with Crippen LogP contribution in [0.3, 0.4) is 0 Å². The normalized spacial score (nSPS) is 12.9. The molecule has 1 atom stereocenters. The number of halogens is 1. The Morgan fingerprint density at radius 3 is 2.75 bits per heavy atom. The average Bonchev–Trinajstić information content (AvgIpc) is 3.00. The molecule has 2 aromatic heterocycles. The first kappa shape index (κ1) is 13.7. The number of nitrogens with one attached hydrogen (secondary N) is 1. The molecule has 20 heavy (non-hydrogen) atoms. The Kier molecular flexibility index (Phi) is 3.87. The molecule has 1 nitrogen and oxygen atoms in total. The monoisotopic (exact) mass is 305 g/mol. The van der Waals surface area contributed by atoms with Gasteiger partial charge in [0.05, 0.1) is 6.04 Å². The van der Waals surface area contributed by atoms with Gasteiger partial charge in [-0.15, -0.1) is 22.7 Å². The van der Waals surface area contributed by atoms with Gasteiger partial charge in [-0.05, 0) is 48.2 Å². The van der Waals surface area contributed by atoms with Gasteiger partial charge in [-0.2, -0.15) is 0 Å². The first-order valence-corrected chi connectivity index (χ1v) is 8.35. The topological polar surface area (TPSA) is 12.0 Å². The summed E-state index contributed by atoms with van der Waals surface area (Å²) in [5.74, 6) is -0.142. The van der Waals surface area contributed by atoms with Crippen molar-refractivity contribution in [3.05, 3.63) is 57.5 Å². The molecule has 1 unspecified atom stereocenters. The van der Waals surface area contributed by atoms with E-state index in [1.165, 1.54) is 14.3 Å². The zero-order valence-electron chi connectivity index (χ0n) is 11.4. The van der Waals surface area contributed by atoms with E-state index < -0.39 is 0 Å². The molecule has 0 aliphatic heterocycles. The summed E-state index contributed by atoms with van der Waals surface area (Å²) in [7, 11) is 0. The molecule has 0 bridgehead atoms. The minimum atomic E-state index is -0.142. The molecule has 3 aromatic rings. The predicted molar refractivity (Wildman–Crippen MR) is 86.4 cm³/mol. The summed E-state index contributed by atoms with van der Waals surface area (Å²) in [5, 5.41) is 5.63. The Hall–Kier alpha value is -1.23. The van der Waals surface area contributed by atoms with Crippen molar-refractivity contribution in [2.24, 2.45) is 0 Å². The molecular weight excluding hydrogens is 289 g/mol. The van der Waals surface area contributed by atoms with E-state index in [9.17, 15) is 4.39 Å². The van der Waals surface area contributed by atoms with Crippen LogP contribution in [0.1, 0.15) is 29.0 Å². The minimum Gasteiger partial charge on any atom is -0.306 e. The van der Waals surface area contributed by atoms with Crippen LogP contribution in [0.2, 0.25) is 0 Å². The number of benzene rings is 1. The first-order valence-electron chi connectivity index (χ1n) is 6.65. The molecule has 104 valence electrons. The molecule has 3 rings (SSSR count). The first-order chi connectivity index (χ1) is 9.69. The van der Waals surface area contributed by atoms with Crippen molar-refractivity contribution in [1.29, 1.82) is 0 Å². The molecule has 0 aliphatic rings. The number of hydrogen-bond acceptors (Lipinski definition) is 3. The summed E-state index contributed by atoms with van der Waals surface area (Å²) in [5.41, 5.74) is 1.82. The van der Waals surface area contributed by atoms with Crippen LogP contribution < -0.4 is 5.32 Å². The lowest BCUT2D eigenvalue weighted by atomic mass is 10.0. The molecule has 0 radical (unpaired) electrons. The lowest BCUT2D eigenvalue weighted by Crippen LogP contribution is -2.21. The molecule has 0 saturated carbocycles. The third-order valence-electron chi connectivity index (χ3n) is 3.37. The summed E-state index contributed by atoms with van der Waals surface area (Å²) in [4.78, 5) is 1.29. The number of hydrogen-bond donors (Lipinski definition) is 1. The molecule has 0 aliphatic carbocycles. The Morgan fingerprint density at radius 2 is 2.05 bits per heavy atom. The Bertz CT molecular complexity index is 700. The largest absolute Gasteiger partial charge is 0.306 e. The van der Waals surface area contributed by atoms with Gasteiger partial charge in [-0.1, -0.05) is 19.1 Å². The number of thiophene rings is 2. The third-order valence-corrected chi connectivity index (χ3v) is 5.52. The highest BCUT2D eigenvalue weighted by atomic mass is 32.1. The summed E-state index contributed by atoms with van der Waals surface area (Å²) >= 11 is 3.58. The highest BCUT2D eigenvalue weighted by Crippen LogP contribution is 2.36. The number of aryl methyl sites for hydroxylation is 1. The van der Waals surface area contributed by atoms with Crippen molar-refractivity contribution >= 4 is 32.1 Å². The fraction of sp³-hybridized carbons (Fsp3) is 0.250. The molecule has 1 aromatic carbocycles. The minimum absolute atomic E-state index is 0.142. The average molecular weight is 305 g/mol. The van der Waals surface area contributed by atoms with Crippen LogP contribution in [-0.4, -0.2) is 6.54 Å². The van der Waals surface area contributed by atoms with Crippen LogP contribution in [0.5, 0.6) is 0 Å². The third kappa shape index (κ3) is 2.51. The zero-order valence-corrected chi connectivity index (χ0v) is 13.1. The number of rotatable bonds is 4. The number of fused-ring (bicyclic) bond motifs is 1. The van der Waals surface area contributed by atoms with Crippen LogP contribution >= 0.6 is 22.7 Å². The quantitative estimate of drug-likeness (QED) is 0.706. The lowest BCUT2D eigenvalue weighted by molar-refractivity contribution is 0.609. The van der Waals surface area contributed by atoms with E-state index in [1.54, 1.807) is 17.4 Å². The Labute approximate surface area is 126 Å². The van der Waals surface area contributed by atoms with Gasteiger partial charge in [0.25, 0.3) is 0 Å². The maximum absolute atomic E-state index is 13.5. The van der Waals surface area contributed by atoms with Crippen molar-refractivity contribution in [3.8, 4) is 0 Å². The predicted octanol–water partition coefficient (Wildman–Crippen LogP) is 5.11. The van der Waals surface area contributed by atoms with Crippen molar-refractivity contribution in [2.75, 3.05) is 6.54 Å². The second-order valence-corrected chi connectivity index (χ2v) is 6.86. The van der Waals surface area contributed by atoms with Gasteiger partial charge in [-0.3, -0.25) is 0 Å². The maximum atomic E-state index is 13.5. The highest BCUT2D eigenvalue weighted by molar-refractivity contribution is 7.27. The zero-order chi connectivity index (χ0) is 14.1. The van der Waals surface area contributed by atoms with Gasteiger partial charge in [0, 0.05) is 14.3 Å². The van der Waals surface area contributed by atoms with Gasteiger partial charge in [0.1, 0.15) is 5.82 Å². The maximum Gasteiger partial charge on any atom is 0.126 e. The van der Waals surface area contributed by atoms with E-state index in [0.29, 0.717) is 5.56 Å². The van der Waals surface area contributed by atoms with Crippen molar-refractivity contribution in [1.82, 2.24) is 5.32 Å². The summed E-state index contributed by atoms with van der Waals surface area (Å²) < 4.78 is 16.1. The standard InChI is InChI=1S/C16H16FNS2/c1-3-18-16(11-4-5-12(17)10(2)8-11)15-9-14-13(20-15)6-7-19-14/h4-9,16,18H,3H2,1-2H3. The van der Waals surface area contributed by atoms with Crippen molar-refractivity contribution < 1.29 is 4.39 Å². The van der Waals surface area contributed by atoms with Gasteiger partial charge in [-0.25, -0.2) is 4.39 Å². The van der Waals surface area contributed by atoms with Crippen LogP contribution in [0.15, 0.2) is 35.7 Å². The second-order valence-electron chi connectivity index (χ2n) is 4.80. The van der Waals surface area contributed by atoms with E-state index in [1.807, 2.05) is 30.4 Å². The van der Waals surface area contributed by atoms with Crippen molar-refractivity contribution in [3.63, 3.8) is 0 Å². The molecule has 0 fully saturated rings. The van der Waals surface area contributed by atoms with E-state index in [4.69, 9.17) is 0 Å². The van der Waals surface area contributed by atoms with E-state index in [0.717, 1.165) is 12.1 Å². The van der Waals surface area contributed by atoms with Crippen LogP contribution in [0, 0.1) is 12.7 Å². The molecule has 0 spiro atoms. The van der Waals surface area contributed by atoms with Crippen LogP contribution in [0.4, 0.5) is 4.39 Å². The molecule has 1 N–H and O–H groups in total. The van der Waals surface area contributed by atoms with Gasteiger partial charge < -0.3 is 5.32 Å². The Balaban J connectivity index is 2.03. The van der Waals surface area contributed by atoms with E-state index in [-0.39, 0.29) is 11.9 Å². The van der Waals surface area contributed by atoms with Crippen LogP contribution in [-0.2, 0) is 0 Å². The fourth-order valence-electron chi connectivity index (χ4n) is 2.36. The molecule has 4 heteroatoms. The van der Waals surface area contributed by atoms with Crippen LogP contribution in [0.25, 0.3) is 9.40 Å². The molecular formula is C16H16FNS2. The van der Waals surface area contributed by atoms with E-state index in [2.05, 4.69) is 29.8 Å². The molecule has 0 saturated heterocycles.